The zero-order chi connectivity index (χ0) is 12.7. The van der Waals surface area contributed by atoms with E-state index in [1.54, 1.807) is 19.2 Å². The van der Waals surface area contributed by atoms with Gasteiger partial charge in [0.2, 0.25) is 0 Å². The summed E-state index contributed by atoms with van der Waals surface area (Å²) < 4.78 is 6.41. The van der Waals surface area contributed by atoms with Gasteiger partial charge in [0.05, 0.1) is 6.61 Å². The summed E-state index contributed by atoms with van der Waals surface area (Å²) in [5.74, 6) is -0.429. The fourth-order valence-electron chi connectivity index (χ4n) is 1.54. The second kappa shape index (κ2) is 6.89. The number of aromatic nitrogens is 1. The Kier molecular flexibility index (Phi) is 5.46. The van der Waals surface area contributed by atoms with E-state index in [0.29, 0.717) is 12.3 Å². The maximum absolute atomic E-state index is 11.7. The van der Waals surface area contributed by atoms with Crippen molar-refractivity contribution in [1.82, 2.24) is 4.57 Å². The van der Waals surface area contributed by atoms with Gasteiger partial charge in [0.15, 0.2) is 0 Å². The summed E-state index contributed by atoms with van der Waals surface area (Å²) in [6.45, 7) is 2.55. The van der Waals surface area contributed by atoms with Crippen molar-refractivity contribution in [3.8, 4) is 0 Å². The van der Waals surface area contributed by atoms with E-state index in [1.807, 2.05) is 0 Å². The van der Waals surface area contributed by atoms with E-state index in [1.165, 1.54) is 10.6 Å². The van der Waals surface area contributed by atoms with Crippen LogP contribution in [0.3, 0.4) is 0 Å². The smallest absolute Gasteiger partial charge is 0.355 e. The summed E-state index contributed by atoms with van der Waals surface area (Å²) in [5, 5.41) is 0. The quantitative estimate of drug-likeness (QED) is 0.562. The summed E-state index contributed by atoms with van der Waals surface area (Å²) in [5.41, 5.74) is 0.0958. The molecule has 0 radical (unpaired) electrons. The van der Waals surface area contributed by atoms with E-state index < -0.39 is 5.97 Å². The molecule has 1 heterocycles. The molecule has 0 saturated heterocycles. The molecule has 0 aliphatic carbocycles. The number of pyridine rings is 1. The summed E-state index contributed by atoms with van der Waals surface area (Å²) in [6, 6.07) is 4.57. The van der Waals surface area contributed by atoms with Crippen LogP contribution in [0.4, 0.5) is 0 Å². The van der Waals surface area contributed by atoms with E-state index in [-0.39, 0.29) is 5.56 Å². The van der Waals surface area contributed by atoms with Gasteiger partial charge in [0, 0.05) is 13.1 Å². The third-order valence-electron chi connectivity index (χ3n) is 2.63. The third kappa shape index (κ3) is 4.06. The number of carbonyl (C=O) groups is 1. The molecule has 1 aromatic heterocycles. The van der Waals surface area contributed by atoms with Crippen molar-refractivity contribution in [2.75, 3.05) is 6.61 Å². The number of esters is 1. The van der Waals surface area contributed by atoms with Gasteiger partial charge in [-0.1, -0.05) is 32.3 Å². The lowest BCUT2D eigenvalue weighted by Gasteiger charge is -2.07. The molecule has 0 bridgehead atoms. The molecule has 17 heavy (non-hydrogen) atoms. The predicted molar refractivity (Wildman–Crippen MR) is 66.1 cm³/mol. The molecule has 0 aromatic carbocycles. The molecule has 0 spiro atoms. The van der Waals surface area contributed by atoms with E-state index in [9.17, 15) is 9.59 Å². The molecule has 4 heteroatoms. The molecule has 0 saturated carbocycles. The molecule has 0 aliphatic rings. The SMILES string of the molecule is CCCCCCOC(=O)c1cccc(=O)n1C. The van der Waals surface area contributed by atoms with E-state index >= 15 is 0 Å². The second-order valence-corrected chi connectivity index (χ2v) is 4.00. The van der Waals surface area contributed by atoms with Crippen LogP contribution in [-0.4, -0.2) is 17.1 Å². The van der Waals surface area contributed by atoms with Crippen LogP contribution in [0.2, 0.25) is 0 Å². The first kappa shape index (κ1) is 13.5. The zero-order valence-electron chi connectivity index (χ0n) is 10.4. The second-order valence-electron chi connectivity index (χ2n) is 4.00. The van der Waals surface area contributed by atoms with Gasteiger partial charge < -0.3 is 9.30 Å². The highest BCUT2D eigenvalue weighted by Crippen LogP contribution is 2.02. The Morgan fingerprint density at radius 1 is 1.29 bits per heavy atom. The molecule has 0 aliphatic heterocycles. The van der Waals surface area contributed by atoms with Gasteiger partial charge in [0.25, 0.3) is 5.56 Å². The van der Waals surface area contributed by atoms with Crippen molar-refractivity contribution < 1.29 is 9.53 Å². The van der Waals surface area contributed by atoms with Gasteiger partial charge >= 0.3 is 5.97 Å². The number of unbranched alkanes of at least 4 members (excludes halogenated alkanes) is 3. The summed E-state index contributed by atoms with van der Waals surface area (Å²) in [7, 11) is 1.57. The average Bonchev–Trinajstić information content (AvgIpc) is 2.32. The Hall–Kier alpha value is -1.58. The predicted octanol–water partition coefficient (Wildman–Crippen LogP) is 2.12. The normalized spacial score (nSPS) is 10.2. The maximum Gasteiger partial charge on any atom is 0.355 e. The number of hydrogen-bond donors (Lipinski definition) is 0. The molecule has 0 N–H and O–H groups in total. The van der Waals surface area contributed by atoms with Gasteiger partial charge in [-0.2, -0.15) is 0 Å². The Labute approximate surface area is 101 Å². The van der Waals surface area contributed by atoms with Gasteiger partial charge in [-0.3, -0.25) is 4.79 Å². The Balaban J connectivity index is 2.47. The Morgan fingerprint density at radius 3 is 2.76 bits per heavy atom. The van der Waals surface area contributed by atoms with Crippen LogP contribution in [0.25, 0.3) is 0 Å². The molecule has 94 valence electrons. The number of ether oxygens (including phenoxy) is 1. The Bertz CT molecular complexity index is 423. The molecule has 0 fully saturated rings. The molecule has 0 unspecified atom stereocenters. The topological polar surface area (TPSA) is 48.3 Å². The molecular weight excluding hydrogens is 218 g/mol. The van der Waals surface area contributed by atoms with E-state index in [4.69, 9.17) is 4.74 Å². The summed E-state index contributed by atoms with van der Waals surface area (Å²) in [6.07, 6.45) is 4.25. The highest BCUT2D eigenvalue weighted by atomic mass is 16.5. The lowest BCUT2D eigenvalue weighted by molar-refractivity contribution is 0.0485. The van der Waals surface area contributed by atoms with Crippen LogP contribution in [0.1, 0.15) is 43.1 Å². The first-order valence-corrected chi connectivity index (χ1v) is 6.00. The van der Waals surface area contributed by atoms with Gasteiger partial charge in [-0.15, -0.1) is 0 Å². The average molecular weight is 237 g/mol. The van der Waals surface area contributed by atoms with Crippen molar-refractivity contribution in [1.29, 1.82) is 0 Å². The number of rotatable bonds is 6. The van der Waals surface area contributed by atoms with Crippen LogP contribution in [0.5, 0.6) is 0 Å². The molecule has 0 atom stereocenters. The maximum atomic E-state index is 11.7. The standard InChI is InChI=1S/C13H19NO3/c1-3-4-5-6-10-17-13(16)11-8-7-9-12(15)14(11)2/h7-9H,3-6,10H2,1-2H3. The molecular formula is C13H19NO3. The van der Waals surface area contributed by atoms with E-state index in [0.717, 1.165) is 25.7 Å². The van der Waals surface area contributed by atoms with Crippen molar-refractivity contribution in [2.24, 2.45) is 7.05 Å². The molecule has 1 aromatic rings. The van der Waals surface area contributed by atoms with Crippen LogP contribution >= 0.6 is 0 Å². The molecule has 4 nitrogen and oxygen atoms in total. The fourth-order valence-corrected chi connectivity index (χ4v) is 1.54. The van der Waals surface area contributed by atoms with Crippen molar-refractivity contribution in [3.63, 3.8) is 0 Å². The van der Waals surface area contributed by atoms with Gasteiger partial charge in [-0.05, 0) is 12.5 Å². The van der Waals surface area contributed by atoms with Crippen LogP contribution in [0, 0.1) is 0 Å². The lowest BCUT2D eigenvalue weighted by atomic mass is 10.2. The van der Waals surface area contributed by atoms with Crippen molar-refractivity contribution >= 4 is 5.97 Å². The number of nitrogens with zero attached hydrogens (tertiary/aromatic N) is 1. The zero-order valence-corrected chi connectivity index (χ0v) is 10.4. The minimum Gasteiger partial charge on any atom is -0.461 e. The van der Waals surface area contributed by atoms with Gasteiger partial charge in [0.1, 0.15) is 5.69 Å². The first-order valence-electron chi connectivity index (χ1n) is 6.00. The third-order valence-corrected chi connectivity index (χ3v) is 2.63. The minimum absolute atomic E-state index is 0.203. The number of hydrogen-bond acceptors (Lipinski definition) is 3. The highest BCUT2D eigenvalue weighted by Gasteiger charge is 2.10. The monoisotopic (exact) mass is 237 g/mol. The molecule has 1 rings (SSSR count). The summed E-state index contributed by atoms with van der Waals surface area (Å²) >= 11 is 0. The Morgan fingerprint density at radius 2 is 2.06 bits per heavy atom. The van der Waals surface area contributed by atoms with Crippen molar-refractivity contribution in [3.05, 3.63) is 34.2 Å². The van der Waals surface area contributed by atoms with Crippen LogP contribution < -0.4 is 5.56 Å². The largest absolute Gasteiger partial charge is 0.461 e. The fraction of sp³-hybridized carbons (Fsp3) is 0.538. The number of carbonyl (C=O) groups excluding carboxylic acids is 1. The first-order chi connectivity index (χ1) is 8.16. The molecule has 0 amide bonds. The lowest BCUT2D eigenvalue weighted by Crippen LogP contribution is -2.23. The van der Waals surface area contributed by atoms with Gasteiger partial charge in [-0.25, -0.2) is 4.79 Å². The highest BCUT2D eigenvalue weighted by molar-refractivity contribution is 5.87. The van der Waals surface area contributed by atoms with Crippen molar-refractivity contribution in [2.45, 2.75) is 32.6 Å². The summed E-state index contributed by atoms with van der Waals surface area (Å²) in [4.78, 5) is 23.0. The minimum atomic E-state index is -0.429. The van der Waals surface area contributed by atoms with Crippen LogP contribution in [0.15, 0.2) is 23.0 Å². The van der Waals surface area contributed by atoms with Crippen LogP contribution in [-0.2, 0) is 11.8 Å². The van der Waals surface area contributed by atoms with E-state index in [2.05, 4.69) is 6.92 Å².